The van der Waals surface area contributed by atoms with Gasteiger partial charge in [-0.15, -0.1) is 11.3 Å². The first-order valence-electron chi connectivity index (χ1n) is 20.1. The Hall–Kier alpha value is -7.52. The van der Waals surface area contributed by atoms with Crippen molar-refractivity contribution in [3.8, 4) is 34.4 Å². The monoisotopic (exact) mass is 908 g/mol. The minimum atomic E-state index is -0.739. The van der Waals surface area contributed by atoms with Gasteiger partial charge in [0.2, 0.25) is 5.91 Å². The number of hydrogen-bond donors (Lipinski definition) is 7. The van der Waals surface area contributed by atoms with Crippen molar-refractivity contribution in [2.75, 3.05) is 51.3 Å². The molecule has 0 saturated heterocycles. The number of nitrogens with two attached hydrogens (primary N) is 2. The van der Waals surface area contributed by atoms with Gasteiger partial charge in [0.25, 0.3) is 5.91 Å². The second kappa shape index (κ2) is 22.7. The Morgan fingerprint density at radius 2 is 1.85 bits per heavy atom. The number of carbonyl (C=O) groups is 3. The number of nitrogens with one attached hydrogen (secondary N) is 4. The molecule has 65 heavy (non-hydrogen) atoms. The third-order valence-corrected chi connectivity index (χ3v) is 10.5. The lowest BCUT2D eigenvalue weighted by atomic mass is 9.91. The van der Waals surface area contributed by atoms with Gasteiger partial charge in [-0.2, -0.15) is 0 Å². The highest BCUT2D eigenvalue weighted by Crippen LogP contribution is 2.39. The van der Waals surface area contributed by atoms with Gasteiger partial charge in [-0.25, -0.2) is 25.7 Å². The van der Waals surface area contributed by atoms with E-state index in [0.717, 1.165) is 24.3 Å². The fourth-order valence-corrected chi connectivity index (χ4v) is 7.27. The number of nitrogens with zero attached hydrogens (tertiary/aromatic N) is 4. The molecule has 7 rings (SSSR count). The Morgan fingerprint density at radius 1 is 1.06 bits per heavy atom. The number of rotatable bonds is 19. The normalized spacial score (nSPS) is 13.0. The molecule has 0 fully saturated rings. The SMILES string of the molecule is CO.COc1ccccc1ONc1ccccc1-n1cc(C(=O)NC/C(N)=C/N(N)CCOc2cc3c(cc2Oc2ccc(C=O)c(F)c2)C(CC(=O)Nc2nccs2)NCC3)nc1C. The van der Waals surface area contributed by atoms with Crippen molar-refractivity contribution in [1.29, 1.82) is 0 Å². The molecule has 3 heterocycles. The van der Waals surface area contributed by atoms with Gasteiger partial charge >= 0.3 is 0 Å². The predicted molar refractivity (Wildman–Crippen MR) is 243 cm³/mol. The van der Waals surface area contributed by atoms with E-state index in [0.29, 0.717) is 58.8 Å². The Bertz CT molecular complexity index is 2610. The van der Waals surface area contributed by atoms with Crippen LogP contribution in [0.25, 0.3) is 5.69 Å². The lowest BCUT2D eigenvalue weighted by Crippen LogP contribution is -2.34. The zero-order valence-electron chi connectivity index (χ0n) is 35.7. The maximum Gasteiger partial charge on any atom is 0.271 e. The van der Waals surface area contributed by atoms with Crippen LogP contribution in [-0.4, -0.2) is 83.2 Å². The molecule has 4 aromatic carbocycles. The number of aromatic nitrogens is 3. The number of hydrogen-bond acceptors (Lipinski definition) is 16. The van der Waals surface area contributed by atoms with Gasteiger partial charge in [0.1, 0.15) is 29.7 Å². The average Bonchev–Trinajstić information content (AvgIpc) is 3.98. The van der Waals surface area contributed by atoms with Gasteiger partial charge in [-0.05, 0) is 79.5 Å². The number of aryl methyl sites for hydroxylation is 1. The summed E-state index contributed by atoms with van der Waals surface area (Å²) in [4.78, 5) is 51.8. The van der Waals surface area contributed by atoms with Crippen molar-refractivity contribution >= 4 is 40.3 Å². The third kappa shape index (κ3) is 12.4. The summed E-state index contributed by atoms with van der Waals surface area (Å²) in [5.74, 6) is 7.24. The molecule has 1 aliphatic heterocycles. The van der Waals surface area contributed by atoms with Crippen molar-refractivity contribution in [2.45, 2.75) is 25.8 Å². The molecule has 1 unspecified atom stereocenters. The van der Waals surface area contributed by atoms with E-state index in [1.165, 1.54) is 34.7 Å². The number of ether oxygens (including phenoxy) is 3. The molecular weight excluding hydrogens is 860 g/mol. The molecule has 340 valence electrons. The van der Waals surface area contributed by atoms with E-state index in [9.17, 15) is 18.8 Å². The zero-order chi connectivity index (χ0) is 46.3. The van der Waals surface area contributed by atoms with Gasteiger partial charge in [0.05, 0.1) is 37.1 Å². The summed E-state index contributed by atoms with van der Waals surface area (Å²) in [6.07, 6.45) is 5.91. The summed E-state index contributed by atoms with van der Waals surface area (Å²) < 4.78 is 34.0. The lowest BCUT2D eigenvalue weighted by molar-refractivity contribution is -0.116. The molecule has 9 N–H and O–H groups in total. The molecular formula is C45H49FN10O8S. The molecule has 0 bridgehead atoms. The van der Waals surface area contributed by atoms with Crippen LogP contribution in [-0.2, 0) is 11.2 Å². The highest BCUT2D eigenvalue weighted by molar-refractivity contribution is 7.13. The van der Waals surface area contributed by atoms with Crippen LogP contribution < -0.4 is 52.1 Å². The number of thiazole rings is 1. The number of aliphatic hydroxyl groups excluding tert-OH is 1. The minimum absolute atomic E-state index is 0.0243. The molecule has 0 saturated carbocycles. The van der Waals surface area contributed by atoms with E-state index in [2.05, 4.69) is 31.4 Å². The predicted octanol–water partition coefficient (Wildman–Crippen LogP) is 5.40. The molecule has 2 aromatic heterocycles. The lowest BCUT2D eigenvalue weighted by Gasteiger charge is -2.28. The second-order valence-corrected chi connectivity index (χ2v) is 15.0. The highest BCUT2D eigenvalue weighted by Gasteiger charge is 2.26. The number of carbonyl (C=O) groups excluding carboxylic acids is 3. The number of para-hydroxylation sites is 4. The number of aliphatic hydroxyl groups is 1. The van der Waals surface area contributed by atoms with E-state index in [4.69, 9.17) is 35.7 Å². The number of methoxy groups -OCH3 is 1. The first-order chi connectivity index (χ1) is 31.6. The summed E-state index contributed by atoms with van der Waals surface area (Å²) in [6, 6.07) is 21.8. The number of benzene rings is 4. The number of halogens is 1. The molecule has 18 nitrogen and oxygen atoms in total. The van der Waals surface area contributed by atoms with Crippen LogP contribution >= 0.6 is 11.3 Å². The van der Waals surface area contributed by atoms with Gasteiger partial charge in [0, 0.05) is 55.3 Å². The molecule has 1 aliphatic rings. The maximum absolute atomic E-state index is 14.6. The summed E-state index contributed by atoms with van der Waals surface area (Å²) in [7, 11) is 2.56. The summed E-state index contributed by atoms with van der Waals surface area (Å²) in [5.41, 5.74) is 12.6. The van der Waals surface area contributed by atoms with E-state index >= 15 is 0 Å². The molecule has 20 heteroatoms. The molecule has 0 spiro atoms. The first kappa shape index (κ1) is 47.0. The quantitative estimate of drug-likeness (QED) is 0.0306. The maximum atomic E-state index is 14.6. The van der Waals surface area contributed by atoms with E-state index in [1.807, 2.05) is 42.5 Å². The average molecular weight is 909 g/mol. The van der Waals surface area contributed by atoms with Crippen molar-refractivity contribution in [1.82, 2.24) is 30.2 Å². The number of amides is 2. The Labute approximate surface area is 377 Å². The van der Waals surface area contributed by atoms with E-state index < -0.39 is 11.7 Å². The number of hydrazine groups is 1. The van der Waals surface area contributed by atoms with Crippen LogP contribution in [0.2, 0.25) is 0 Å². The van der Waals surface area contributed by atoms with E-state index in [-0.39, 0.29) is 66.5 Å². The summed E-state index contributed by atoms with van der Waals surface area (Å²) in [5, 5.41) is 19.6. The van der Waals surface area contributed by atoms with Crippen LogP contribution in [0.3, 0.4) is 0 Å². The van der Waals surface area contributed by atoms with Crippen LogP contribution in [0, 0.1) is 12.7 Å². The van der Waals surface area contributed by atoms with Crippen molar-refractivity contribution in [3.63, 3.8) is 0 Å². The van der Waals surface area contributed by atoms with Gasteiger partial charge in [-0.1, -0.05) is 24.3 Å². The Balaban J connectivity index is 0.00000345. The topological polar surface area (TPSA) is 242 Å². The second-order valence-electron chi connectivity index (χ2n) is 14.1. The van der Waals surface area contributed by atoms with Crippen LogP contribution in [0.15, 0.2) is 109 Å². The standard InChI is InChI=1S/C44H45FN10O7S.CH4O/c1-27-51-36(25-55(27)37-8-4-3-7-34(37)53-62-39-10-6-5-9-38(39)59-2)43(58)50-23-30(46)24-54(47)16-17-60-40-19-28-13-14-48-35(22-42(57)52-44-49-15-18-63-44)32(28)21-41(40)61-31-12-11-29(26-56)33(45)20-31;1-2/h3-12,15,18-21,24-26,35,48,53H,13-14,16-17,22-23,46-47H2,1-2H3,(H,50,58)(H,49,52,57);2H,1H3/b30-24-;. The number of anilines is 2. The van der Waals surface area contributed by atoms with Gasteiger partial charge in [0.15, 0.2) is 34.4 Å². The fraction of sp³-hybridized carbons (Fsp3) is 0.222. The van der Waals surface area contributed by atoms with Gasteiger partial charge < -0.3 is 55.4 Å². The summed E-state index contributed by atoms with van der Waals surface area (Å²) >= 11 is 1.32. The van der Waals surface area contributed by atoms with Gasteiger partial charge in [-0.3, -0.25) is 14.4 Å². The van der Waals surface area contributed by atoms with E-state index in [1.54, 1.807) is 54.6 Å². The summed E-state index contributed by atoms with van der Waals surface area (Å²) in [6.45, 7) is 2.62. The zero-order valence-corrected chi connectivity index (χ0v) is 36.6. The highest BCUT2D eigenvalue weighted by atomic mass is 32.1. The smallest absolute Gasteiger partial charge is 0.271 e. The van der Waals surface area contributed by atoms with Crippen LogP contribution in [0.5, 0.6) is 28.7 Å². The molecule has 2 amide bonds. The first-order valence-corrected chi connectivity index (χ1v) is 21.0. The minimum Gasteiger partial charge on any atom is -0.493 e. The number of aldehydes is 1. The molecule has 0 radical (unpaired) electrons. The molecule has 0 aliphatic carbocycles. The third-order valence-electron chi connectivity index (χ3n) is 9.77. The van der Waals surface area contributed by atoms with Crippen molar-refractivity contribution < 1.29 is 42.9 Å². The van der Waals surface area contributed by atoms with Crippen LogP contribution in [0.1, 0.15) is 50.3 Å². The van der Waals surface area contributed by atoms with Crippen molar-refractivity contribution in [3.05, 3.63) is 143 Å². The van der Waals surface area contributed by atoms with Crippen molar-refractivity contribution in [2.24, 2.45) is 11.6 Å². The Kier molecular flexibility index (Phi) is 16.4. The fourth-order valence-electron chi connectivity index (χ4n) is 6.73. The molecule has 6 aromatic rings. The Morgan fingerprint density at radius 3 is 2.60 bits per heavy atom. The largest absolute Gasteiger partial charge is 0.493 e. The number of imidazole rings is 1. The number of fused-ring (bicyclic) bond motifs is 1. The molecule has 1 atom stereocenters. The van der Waals surface area contributed by atoms with Crippen LogP contribution in [0.4, 0.5) is 15.2 Å².